The fourth-order valence-electron chi connectivity index (χ4n) is 2.97. The SMILES string of the molecule is CC1C(NC(=O)COC(C)(C)C)CCC(C(=O)O)C1(C)C. The number of rotatable bonds is 4. The number of carbonyl (C=O) groups is 2. The average molecular weight is 299 g/mol. The molecule has 2 N–H and O–H groups in total. The Morgan fingerprint density at radius 1 is 1.29 bits per heavy atom. The third kappa shape index (κ3) is 4.70. The predicted molar refractivity (Wildman–Crippen MR) is 80.9 cm³/mol. The van der Waals surface area contributed by atoms with Gasteiger partial charge in [-0.2, -0.15) is 0 Å². The van der Waals surface area contributed by atoms with Crippen LogP contribution in [0, 0.1) is 17.3 Å². The number of hydrogen-bond acceptors (Lipinski definition) is 3. The molecule has 21 heavy (non-hydrogen) atoms. The normalized spacial score (nSPS) is 29.0. The van der Waals surface area contributed by atoms with Crippen molar-refractivity contribution in [1.29, 1.82) is 0 Å². The van der Waals surface area contributed by atoms with Gasteiger partial charge in [-0.05, 0) is 44.9 Å². The lowest BCUT2D eigenvalue weighted by molar-refractivity contribution is -0.150. The van der Waals surface area contributed by atoms with Crippen LogP contribution in [0.4, 0.5) is 0 Å². The summed E-state index contributed by atoms with van der Waals surface area (Å²) in [5.41, 5.74) is -0.684. The Morgan fingerprint density at radius 2 is 1.86 bits per heavy atom. The molecule has 0 heterocycles. The van der Waals surface area contributed by atoms with Gasteiger partial charge < -0.3 is 15.2 Å². The molecule has 1 fully saturated rings. The van der Waals surface area contributed by atoms with Gasteiger partial charge in [0, 0.05) is 6.04 Å². The molecular weight excluding hydrogens is 270 g/mol. The van der Waals surface area contributed by atoms with Crippen molar-refractivity contribution in [2.75, 3.05) is 6.61 Å². The molecule has 0 spiro atoms. The molecule has 5 heteroatoms. The highest BCUT2D eigenvalue weighted by atomic mass is 16.5. The zero-order chi connectivity index (χ0) is 16.4. The number of amides is 1. The quantitative estimate of drug-likeness (QED) is 0.836. The van der Waals surface area contributed by atoms with Gasteiger partial charge in [0.25, 0.3) is 0 Å². The predicted octanol–water partition coefficient (Wildman–Crippen LogP) is 2.44. The number of aliphatic carboxylic acids is 1. The second-order valence-corrected chi connectivity index (χ2v) is 7.65. The fourth-order valence-corrected chi connectivity index (χ4v) is 2.97. The molecular formula is C16H29NO4. The maximum atomic E-state index is 12.0. The van der Waals surface area contributed by atoms with Gasteiger partial charge in [0.05, 0.1) is 11.5 Å². The summed E-state index contributed by atoms with van der Waals surface area (Å²) in [6.45, 7) is 11.7. The van der Waals surface area contributed by atoms with E-state index in [9.17, 15) is 14.7 Å². The van der Waals surface area contributed by atoms with Crippen LogP contribution in [0.1, 0.15) is 54.4 Å². The Hall–Kier alpha value is -1.10. The molecule has 1 rings (SSSR count). The van der Waals surface area contributed by atoms with Gasteiger partial charge in [-0.25, -0.2) is 0 Å². The molecule has 0 aliphatic heterocycles. The Bertz CT molecular complexity index is 398. The van der Waals surface area contributed by atoms with Crippen molar-refractivity contribution in [3.05, 3.63) is 0 Å². The standard InChI is InChI=1S/C16H29NO4/c1-10-12(17-13(18)9-21-15(2,3)4)8-7-11(14(19)20)16(10,5)6/h10-12H,7-9H2,1-6H3,(H,17,18)(H,19,20). The number of carbonyl (C=O) groups excluding carboxylic acids is 1. The van der Waals surface area contributed by atoms with Crippen LogP contribution >= 0.6 is 0 Å². The summed E-state index contributed by atoms with van der Waals surface area (Å²) in [5.74, 6) is -1.13. The zero-order valence-corrected chi connectivity index (χ0v) is 14.0. The highest BCUT2D eigenvalue weighted by Gasteiger charge is 2.46. The van der Waals surface area contributed by atoms with E-state index >= 15 is 0 Å². The lowest BCUT2D eigenvalue weighted by Gasteiger charge is -2.46. The van der Waals surface area contributed by atoms with E-state index in [1.165, 1.54) is 0 Å². The van der Waals surface area contributed by atoms with Gasteiger partial charge in [0.2, 0.25) is 5.91 Å². The van der Waals surface area contributed by atoms with Gasteiger partial charge in [0.15, 0.2) is 0 Å². The molecule has 1 amide bonds. The number of carboxylic acid groups (broad SMARTS) is 1. The first-order valence-electron chi connectivity index (χ1n) is 7.61. The Labute approximate surface area is 127 Å². The van der Waals surface area contributed by atoms with Crippen molar-refractivity contribution in [1.82, 2.24) is 5.32 Å². The smallest absolute Gasteiger partial charge is 0.307 e. The van der Waals surface area contributed by atoms with E-state index in [4.69, 9.17) is 4.74 Å². The Kier molecular flexibility index (Phi) is 5.42. The van der Waals surface area contributed by atoms with E-state index in [1.54, 1.807) is 0 Å². The van der Waals surface area contributed by atoms with Gasteiger partial charge in [-0.1, -0.05) is 20.8 Å². The summed E-state index contributed by atoms with van der Waals surface area (Å²) in [6, 6.07) is 0.00617. The van der Waals surface area contributed by atoms with Crippen LogP contribution in [0.15, 0.2) is 0 Å². The first-order chi connectivity index (χ1) is 9.45. The van der Waals surface area contributed by atoms with Gasteiger partial charge in [-0.3, -0.25) is 9.59 Å². The minimum absolute atomic E-state index is 0.00617. The van der Waals surface area contributed by atoms with Crippen molar-refractivity contribution in [3.8, 4) is 0 Å². The highest BCUT2D eigenvalue weighted by molar-refractivity contribution is 5.77. The minimum Gasteiger partial charge on any atom is -0.481 e. The summed E-state index contributed by atoms with van der Waals surface area (Å²) in [4.78, 5) is 23.3. The molecule has 0 radical (unpaired) electrons. The van der Waals surface area contributed by atoms with Crippen molar-refractivity contribution < 1.29 is 19.4 Å². The molecule has 3 atom stereocenters. The molecule has 1 aliphatic rings. The monoisotopic (exact) mass is 299 g/mol. The maximum Gasteiger partial charge on any atom is 0.307 e. The summed E-state index contributed by atoms with van der Waals surface area (Å²) in [6.07, 6.45) is 1.29. The first kappa shape index (κ1) is 18.0. The minimum atomic E-state index is -0.743. The van der Waals surface area contributed by atoms with Crippen molar-refractivity contribution >= 4 is 11.9 Å². The number of carboxylic acids is 1. The van der Waals surface area contributed by atoms with E-state index < -0.39 is 5.97 Å². The molecule has 122 valence electrons. The van der Waals surface area contributed by atoms with Crippen LogP contribution < -0.4 is 5.32 Å². The van der Waals surface area contributed by atoms with Crippen LogP contribution in [-0.4, -0.2) is 35.2 Å². The van der Waals surface area contributed by atoms with E-state index in [-0.39, 0.29) is 41.4 Å². The van der Waals surface area contributed by atoms with Crippen LogP contribution in [0.5, 0.6) is 0 Å². The number of nitrogens with one attached hydrogen (secondary N) is 1. The molecule has 0 bridgehead atoms. The second-order valence-electron chi connectivity index (χ2n) is 7.65. The fraction of sp³-hybridized carbons (Fsp3) is 0.875. The molecule has 3 unspecified atom stereocenters. The summed E-state index contributed by atoms with van der Waals surface area (Å²) in [5, 5.41) is 12.3. The molecule has 0 aromatic heterocycles. The van der Waals surface area contributed by atoms with Crippen molar-refractivity contribution in [3.63, 3.8) is 0 Å². The van der Waals surface area contributed by atoms with Crippen LogP contribution in [-0.2, 0) is 14.3 Å². The van der Waals surface area contributed by atoms with Crippen molar-refractivity contribution in [2.45, 2.75) is 66.0 Å². The largest absolute Gasteiger partial charge is 0.481 e. The van der Waals surface area contributed by atoms with Crippen LogP contribution in [0.25, 0.3) is 0 Å². The number of ether oxygens (including phenoxy) is 1. The average Bonchev–Trinajstić information content (AvgIpc) is 2.31. The molecule has 0 aromatic carbocycles. The zero-order valence-electron chi connectivity index (χ0n) is 14.0. The van der Waals surface area contributed by atoms with Crippen LogP contribution in [0.3, 0.4) is 0 Å². The second kappa shape index (κ2) is 6.34. The van der Waals surface area contributed by atoms with E-state index in [0.29, 0.717) is 12.8 Å². The lowest BCUT2D eigenvalue weighted by atomic mass is 9.61. The third-order valence-electron chi connectivity index (χ3n) is 4.72. The number of hydrogen-bond donors (Lipinski definition) is 2. The van der Waals surface area contributed by atoms with Crippen molar-refractivity contribution in [2.24, 2.45) is 17.3 Å². The third-order valence-corrected chi connectivity index (χ3v) is 4.72. The molecule has 0 saturated heterocycles. The molecule has 5 nitrogen and oxygen atoms in total. The molecule has 1 saturated carbocycles. The van der Waals surface area contributed by atoms with E-state index in [2.05, 4.69) is 5.32 Å². The van der Waals surface area contributed by atoms with Gasteiger partial charge in [0.1, 0.15) is 6.61 Å². The topological polar surface area (TPSA) is 75.6 Å². The highest BCUT2D eigenvalue weighted by Crippen LogP contribution is 2.45. The summed E-state index contributed by atoms with van der Waals surface area (Å²) >= 11 is 0. The van der Waals surface area contributed by atoms with E-state index in [0.717, 1.165) is 0 Å². The molecule has 0 aromatic rings. The Morgan fingerprint density at radius 3 is 2.33 bits per heavy atom. The summed E-state index contributed by atoms with van der Waals surface area (Å²) < 4.78 is 5.47. The van der Waals surface area contributed by atoms with E-state index in [1.807, 2.05) is 41.5 Å². The van der Waals surface area contributed by atoms with Crippen LogP contribution in [0.2, 0.25) is 0 Å². The van der Waals surface area contributed by atoms with Gasteiger partial charge in [-0.15, -0.1) is 0 Å². The lowest BCUT2D eigenvalue weighted by Crippen LogP contribution is -2.53. The Balaban J connectivity index is 2.62. The first-order valence-corrected chi connectivity index (χ1v) is 7.61. The maximum absolute atomic E-state index is 12.0. The van der Waals surface area contributed by atoms with Gasteiger partial charge >= 0.3 is 5.97 Å². The molecule has 1 aliphatic carbocycles. The summed E-state index contributed by atoms with van der Waals surface area (Å²) in [7, 11) is 0.